The molecule has 0 fully saturated rings. The molecular formula is C57H92O6. The monoisotopic (exact) mass is 873 g/mol. The van der Waals surface area contributed by atoms with Gasteiger partial charge in [-0.3, -0.25) is 14.4 Å². The maximum Gasteiger partial charge on any atom is 0.306 e. The third kappa shape index (κ3) is 49.0. The molecule has 0 bridgehead atoms. The van der Waals surface area contributed by atoms with E-state index in [2.05, 4.69) is 124 Å². The van der Waals surface area contributed by atoms with Gasteiger partial charge in [-0.2, -0.15) is 0 Å². The van der Waals surface area contributed by atoms with E-state index in [0.717, 1.165) is 135 Å². The molecule has 1 unspecified atom stereocenters. The lowest BCUT2D eigenvalue weighted by Crippen LogP contribution is -2.30. The molecule has 1 atom stereocenters. The van der Waals surface area contributed by atoms with Gasteiger partial charge in [0.05, 0.1) is 0 Å². The Morgan fingerprint density at radius 1 is 0.349 bits per heavy atom. The number of esters is 3. The van der Waals surface area contributed by atoms with E-state index < -0.39 is 6.10 Å². The van der Waals surface area contributed by atoms with Crippen molar-refractivity contribution in [1.29, 1.82) is 0 Å². The molecule has 0 spiro atoms. The predicted molar refractivity (Wildman–Crippen MR) is 270 cm³/mol. The highest BCUT2D eigenvalue weighted by atomic mass is 16.6. The van der Waals surface area contributed by atoms with Gasteiger partial charge in [-0.15, -0.1) is 0 Å². The van der Waals surface area contributed by atoms with Crippen molar-refractivity contribution in [2.24, 2.45) is 0 Å². The molecule has 63 heavy (non-hydrogen) atoms. The number of unbranched alkanes of at least 4 members (excludes halogenated alkanes) is 17. The van der Waals surface area contributed by atoms with Gasteiger partial charge in [-0.05, 0) is 109 Å². The second kappa shape index (κ2) is 50.7. The fourth-order valence-corrected chi connectivity index (χ4v) is 6.52. The van der Waals surface area contributed by atoms with Crippen LogP contribution in [-0.4, -0.2) is 37.2 Å². The fraction of sp³-hybridized carbons (Fsp3) is 0.632. The molecule has 0 radical (unpaired) electrons. The van der Waals surface area contributed by atoms with Crippen LogP contribution in [0.5, 0.6) is 0 Å². The minimum Gasteiger partial charge on any atom is -0.462 e. The Bertz CT molecular complexity index is 1330. The highest BCUT2D eigenvalue weighted by Crippen LogP contribution is 2.12. The molecular weight excluding hydrogens is 781 g/mol. The summed E-state index contributed by atoms with van der Waals surface area (Å²) in [5.41, 5.74) is 0. The van der Waals surface area contributed by atoms with Gasteiger partial charge in [0, 0.05) is 19.3 Å². The molecule has 0 aliphatic heterocycles. The van der Waals surface area contributed by atoms with E-state index in [-0.39, 0.29) is 31.1 Å². The molecule has 0 heterocycles. The summed E-state index contributed by atoms with van der Waals surface area (Å²) in [6.07, 6.45) is 67.9. The molecule has 6 nitrogen and oxygen atoms in total. The van der Waals surface area contributed by atoms with Crippen LogP contribution in [0.1, 0.15) is 213 Å². The smallest absolute Gasteiger partial charge is 0.306 e. The van der Waals surface area contributed by atoms with Crippen LogP contribution in [-0.2, 0) is 28.6 Å². The number of hydrogen-bond donors (Lipinski definition) is 0. The van der Waals surface area contributed by atoms with Gasteiger partial charge in [-0.25, -0.2) is 0 Å². The SMILES string of the molecule is CC/C=C/C=C/C=C/CCCCCCCC(=O)OC(COC(=O)CCCCC/C=C/C/C=C/C/C=C/C/C=C/C/C=C/CC)COC(=O)CCCCC/C=C/CCCCCCCC. The molecule has 356 valence electrons. The first-order valence-electron chi connectivity index (χ1n) is 25.4. The van der Waals surface area contributed by atoms with Gasteiger partial charge < -0.3 is 14.2 Å². The van der Waals surface area contributed by atoms with Crippen LogP contribution >= 0.6 is 0 Å². The predicted octanol–water partition coefficient (Wildman–Crippen LogP) is 16.8. The van der Waals surface area contributed by atoms with Crippen LogP contribution in [0.4, 0.5) is 0 Å². The Labute approximate surface area is 387 Å². The number of rotatable bonds is 44. The average Bonchev–Trinajstić information content (AvgIpc) is 3.28. The molecule has 0 aromatic carbocycles. The molecule has 0 aliphatic rings. The number of hydrogen-bond acceptors (Lipinski definition) is 6. The standard InChI is InChI=1S/C57H92O6/c1-4-7-10-13-16-19-22-25-26-27-28-29-30-33-35-38-41-44-47-50-56(59)62-53-54(63-57(60)51-48-45-42-39-36-32-24-21-18-15-12-9-6-3)52-61-55(58)49-46-43-40-37-34-31-23-20-17-14-11-8-5-2/h7,9-10,12,15-16,18-19,21,24-26,28-29,31,33-35,54H,4-6,8,11,13-14,17,20,22-23,27,30,32,36-53H2,1-3H3/b10-7+,12-9+,18-15+,19-16+,24-21+,26-25+,29-28+,34-31+,35-33+. The fourth-order valence-electron chi connectivity index (χ4n) is 6.52. The van der Waals surface area contributed by atoms with Crippen molar-refractivity contribution in [3.8, 4) is 0 Å². The highest BCUT2D eigenvalue weighted by Gasteiger charge is 2.19. The molecule has 0 N–H and O–H groups in total. The zero-order valence-corrected chi connectivity index (χ0v) is 40.5. The zero-order chi connectivity index (χ0) is 45.8. The van der Waals surface area contributed by atoms with Crippen molar-refractivity contribution in [3.05, 3.63) is 109 Å². The van der Waals surface area contributed by atoms with Crippen LogP contribution in [0.15, 0.2) is 109 Å². The van der Waals surface area contributed by atoms with E-state index in [4.69, 9.17) is 14.2 Å². The van der Waals surface area contributed by atoms with Crippen LogP contribution < -0.4 is 0 Å². The van der Waals surface area contributed by atoms with E-state index in [1.807, 2.05) is 6.08 Å². The molecule has 6 heteroatoms. The quantitative estimate of drug-likeness (QED) is 0.0199. The Morgan fingerprint density at radius 2 is 0.698 bits per heavy atom. The largest absolute Gasteiger partial charge is 0.462 e. The van der Waals surface area contributed by atoms with Gasteiger partial charge in [0.2, 0.25) is 0 Å². The summed E-state index contributed by atoms with van der Waals surface area (Å²) in [6, 6.07) is 0. The van der Waals surface area contributed by atoms with Crippen molar-refractivity contribution in [1.82, 2.24) is 0 Å². The van der Waals surface area contributed by atoms with Crippen molar-refractivity contribution in [3.63, 3.8) is 0 Å². The summed E-state index contributed by atoms with van der Waals surface area (Å²) in [5.74, 6) is -0.983. The molecule has 0 amide bonds. The zero-order valence-electron chi connectivity index (χ0n) is 40.5. The van der Waals surface area contributed by atoms with E-state index in [1.165, 1.54) is 38.5 Å². The normalized spacial score (nSPS) is 13.0. The lowest BCUT2D eigenvalue weighted by atomic mass is 10.1. The summed E-state index contributed by atoms with van der Waals surface area (Å²) < 4.78 is 16.7. The Kier molecular flexibility index (Phi) is 47.5. The Balaban J connectivity index is 4.49. The van der Waals surface area contributed by atoms with Gasteiger partial charge >= 0.3 is 17.9 Å². The van der Waals surface area contributed by atoms with Gasteiger partial charge in [-0.1, -0.05) is 194 Å². The van der Waals surface area contributed by atoms with Crippen molar-refractivity contribution < 1.29 is 28.6 Å². The van der Waals surface area contributed by atoms with Gasteiger partial charge in [0.15, 0.2) is 6.10 Å². The number of carbonyl (C=O) groups is 3. The van der Waals surface area contributed by atoms with Crippen molar-refractivity contribution >= 4 is 17.9 Å². The maximum absolute atomic E-state index is 12.8. The van der Waals surface area contributed by atoms with E-state index in [1.54, 1.807) is 0 Å². The molecule has 0 aromatic heterocycles. The second-order valence-electron chi connectivity index (χ2n) is 16.4. The highest BCUT2D eigenvalue weighted by molar-refractivity contribution is 5.71. The number of carbonyl (C=O) groups excluding carboxylic acids is 3. The van der Waals surface area contributed by atoms with E-state index >= 15 is 0 Å². The van der Waals surface area contributed by atoms with Crippen LogP contribution in [0, 0.1) is 0 Å². The maximum atomic E-state index is 12.8. The summed E-state index contributed by atoms with van der Waals surface area (Å²) >= 11 is 0. The summed E-state index contributed by atoms with van der Waals surface area (Å²) in [7, 11) is 0. The third-order valence-electron chi connectivity index (χ3n) is 10.3. The van der Waals surface area contributed by atoms with Crippen LogP contribution in [0.25, 0.3) is 0 Å². The minimum atomic E-state index is -0.809. The van der Waals surface area contributed by atoms with Crippen LogP contribution in [0.3, 0.4) is 0 Å². The van der Waals surface area contributed by atoms with Crippen molar-refractivity contribution in [2.75, 3.05) is 13.2 Å². The van der Waals surface area contributed by atoms with Crippen LogP contribution in [0.2, 0.25) is 0 Å². The lowest BCUT2D eigenvalue weighted by Gasteiger charge is -2.18. The molecule has 0 saturated heterocycles. The Morgan fingerprint density at radius 3 is 1.17 bits per heavy atom. The van der Waals surface area contributed by atoms with Gasteiger partial charge in [0.1, 0.15) is 13.2 Å². The molecule has 0 saturated carbocycles. The third-order valence-corrected chi connectivity index (χ3v) is 10.3. The topological polar surface area (TPSA) is 78.9 Å². The average molecular weight is 873 g/mol. The van der Waals surface area contributed by atoms with E-state index in [0.29, 0.717) is 19.3 Å². The first-order valence-corrected chi connectivity index (χ1v) is 25.4. The Hall–Kier alpha value is -3.93. The van der Waals surface area contributed by atoms with Crippen molar-refractivity contribution in [2.45, 2.75) is 219 Å². The molecule has 0 rings (SSSR count). The first kappa shape index (κ1) is 59.1. The molecule has 0 aliphatic carbocycles. The number of allylic oxidation sites excluding steroid dienone is 18. The first-order chi connectivity index (χ1) is 31.0. The van der Waals surface area contributed by atoms with E-state index in [9.17, 15) is 14.4 Å². The summed E-state index contributed by atoms with van der Waals surface area (Å²) in [4.78, 5) is 37.9. The lowest BCUT2D eigenvalue weighted by molar-refractivity contribution is -0.167. The summed E-state index contributed by atoms with van der Waals surface area (Å²) in [6.45, 7) is 6.31. The minimum absolute atomic E-state index is 0.107. The molecule has 0 aromatic rings. The number of ether oxygens (including phenoxy) is 3. The van der Waals surface area contributed by atoms with Gasteiger partial charge in [0.25, 0.3) is 0 Å². The summed E-state index contributed by atoms with van der Waals surface area (Å²) in [5, 5.41) is 0. The second-order valence-corrected chi connectivity index (χ2v) is 16.4.